The van der Waals surface area contributed by atoms with Crippen LogP contribution >= 0.6 is 0 Å². The van der Waals surface area contributed by atoms with E-state index in [1.165, 1.54) is 5.56 Å². The molecule has 1 aromatic carbocycles. The first-order valence-corrected chi connectivity index (χ1v) is 4.52. The minimum absolute atomic E-state index is 0. The summed E-state index contributed by atoms with van der Waals surface area (Å²) in [4.78, 5) is 11.5. The summed E-state index contributed by atoms with van der Waals surface area (Å²) in [6.07, 6.45) is 1.77. The lowest BCUT2D eigenvalue weighted by molar-refractivity contribution is 0.989. The van der Waals surface area contributed by atoms with Crippen molar-refractivity contribution in [1.82, 2.24) is 4.57 Å². The number of rotatable bonds is 1. The van der Waals surface area contributed by atoms with Gasteiger partial charge in [-0.3, -0.25) is 9.36 Å². The Labute approximate surface area is 89.8 Å². The molecule has 0 aliphatic heterocycles. The molecule has 0 saturated carbocycles. The van der Waals surface area contributed by atoms with Crippen LogP contribution < -0.4 is 5.56 Å². The average molecular weight is 201 g/mol. The van der Waals surface area contributed by atoms with Crippen molar-refractivity contribution in [1.29, 1.82) is 0 Å². The van der Waals surface area contributed by atoms with Crippen LogP contribution in [0.5, 0.6) is 0 Å². The zero-order chi connectivity index (χ0) is 9.97. The number of aryl methyl sites for hydroxylation is 1. The SMILES string of the molecule is C.Cc1ccc(-n2ccccc2=O)cc1. The standard InChI is InChI=1S/C12H11NO.CH4/c1-10-5-7-11(8-6-10)13-9-3-2-4-12(13)14;/h2-9H,1H3;1H4. The molecule has 0 N–H and O–H groups in total. The third-order valence-corrected chi connectivity index (χ3v) is 2.13. The third kappa shape index (κ3) is 2.34. The number of aromatic nitrogens is 1. The van der Waals surface area contributed by atoms with Gasteiger partial charge in [0.15, 0.2) is 0 Å². The molecule has 2 nitrogen and oxygen atoms in total. The smallest absolute Gasteiger partial charge is 0.255 e. The molecule has 1 heterocycles. The van der Waals surface area contributed by atoms with Gasteiger partial charge in [-0.2, -0.15) is 0 Å². The van der Waals surface area contributed by atoms with Gasteiger partial charge in [0, 0.05) is 18.0 Å². The van der Waals surface area contributed by atoms with Gasteiger partial charge in [0.05, 0.1) is 0 Å². The van der Waals surface area contributed by atoms with Crippen molar-refractivity contribution >= 4 is 0 Å². The molecule has 0 fully saturated rings. The van der Waals surface area contributed by atoms with Gasteiger partial charge in [-0.05, 0) is 25.1 Å². The van der Waals surface area contributed by atoms with Gasteiger partial charge >= 0.3 is 0 Å². The molecule has 0 atom stereocenters. The van der Waals surface area contributed by atoms with Crippen LogP contribution in [0.25, 0.3) is 5.69 Å². The maximum absolute atomic E-state index is 11.5. The van der Waals surface area contributed by atoms with E-state index in [0.29, 0.717) is 0 Å². The Balaban J connectivity index is 0.00000112. The molecule has 0 aliphatic rings. The number of benzene rings is 1. The van der Waals surface area contributed by atoms with Crippen molar-refractivity contribution in [3.63, 3.8) is 0 Å². The summed E-state index contributed by atoms with van der Waals surface area (Å²) in [7, 11) is 0. The highest BCUT2D eigenvalue weighted by molar-refractivity contribution is 5.34. The Hall–Kier alpha value is -1.83. The lowest BCUT2D eigenvalue weighted by atomic mass is 10.2. The summed E-state index contributed by atoms with van der Waals surface area (Å²) >= 11 is 0. The molecular weight excluding hydrogens is 186 g/mol. The van der Waals surface area contributed by atoms with Gasteiger partial charge in [0.25, 0.3) is 5.56 Å². The third-order valence-electron chi connectivity index (χ3n) is 2.13. The summed E-state index contributed by atoms with van der Waals surface area (Å²) in [5, 5.41) is 0. The first-order valence-electron chi connectivity index (χ1n) is 4.52. The first-order chi connectivity index (χ1) is 6.77. The van der Waals surface area contributed by atoms with E-state index in [4.69, 9.17) is 0 Å². The number of hydrogen-bond donors (Lipinski definition) is 0. The van der Waals surface area contributed by atoms with Gasteiger partial charge in [0.2, 0.25) is 0 Å². The van der Waals surface area contributed by atoms with Crippen LogP contribution in [0.3, 0.4) is 0 Å². The van der Waals surface area contributed by atoms with E-state index >= 15 is 0 Å². The van der Waals surface area contributed by atoms with Crippen molar-refractivity contribution < 1.29 is 0 Å². The largest absolute Gasteiger partial charge is 0.284 e. The molecule has 0 saturated heterocycles. The lowest BCUT2D eigenvalue weighted by Crippen LogP contribution is -2.15. The summed E-state index contributed by atoms with van der Waals surface area (Å²) in [5.74, 6) is 0. The topological polar surface area (TPSA) is 22.0 Å². The molecule has 15 heavy (non-hydrogen) atoms. The second kappa shape index (κ2) is 4.60. The molecule has 2 rings (SSSR count). The molecular formula is C13H15NO. The zero-order valence-corrected chi connectivity index (χ0v) is 7.97. The van der Waals surface area contributed by atoms with Crippen molar-refractivity contribution in [2.75, 3.05) is 0 Å². The van der Waals surface area contributed by atoms with E-state index in [9.17, 15) is 4.79 Å². The Morgan fingerprint density at radius 2 is 1.67 bits per heavy atom. The zero-order valence-electron chi connectivity index (χ0n) is 7.97. The molecule has 0 amide bonds. The minimum Gasteiger partial charge on any atom is -0.284 e. The fourth-order valence-corrected chi connectivity index (χ4v) is 1.35. The maximum Gasteiger partial charge on any atom is 0.255 e. The quantitative estimate of drug-likeness (QED) is 0.695. The van der Waals surface area contributed by atoms with Gasteiger partial charge in [0.1, 0.15) is 0 Å². The summed E-state index contributed by atoms with van der Waals surface area (Å²) < 4.78 is 1.62. The lowest BCUT2D eigenvalue weighted by Gasteiger charge is -2.04. The van der Waals surface area contributed by atoms with Crippen LogP contribution in [0.15, 0.2) is 53.5 Å². The van der Waals surface area contributed by atoms with Crippen molar-refractivity contribution in [3.05, 3.63) is 64.6 Å². The normalized spacial score (nSPS) is 9.40. The molecule has 0 radical (unpaired) electrons. The molecule has 78 valence electrons. The monoisotopic (exact) mass is 201 g/mol. The summed E-state index contributed by atoms with van der Waals surface area (Å²) in [6.45, 7) is 2.03. The molecule has 0 unspecified atom stereocenters. The fourth-order valence-electron chi connectivity index (χ4n) is 1.35. The average Bonchev–Trinajstić information content (AvgIpc) is 2.20. The van der Waals surface area contributed by atoms with Crippen molar-refractivity contribution in [2.24, 2.45) is 0 Å². The molecule has 1 aromatic heterocycles. The van der Waals surface area contributed by atoms with E-state index in [0.717, 1.165) is 5.69 Å². The van der Waals surface area contributed by atoms with E-state index in [1.807, 2.05) is 37.3 Å². The fraction of sp³-hybridized carbons (Fsp3) is 0.154. The van der Waals surface area contributed by atoms with Crippen molar-refractivity contribution in [3.8, 4) is 5.69 Å². The van der Waals surface area contributed by atoms with Crippen LogP contribution in [0.1, 0.15) is 13.0 Å². The Morgan fingerprint density at radius 3 is 2.27 bits per heavy atom. The van der Waals surface area contributed by atoms with E-state index in [2.05, 4.69) is 0 Å². The molecule has 0 bridgehead atoms. The number of nitrogens with zero attached hydrogens (tertiary/aromatic N) is 1. The van der Waals surface area contributed by atoms with Gasteiger partial charge < -0.3 is 0 Å². The first kappa shape index (κ1) is 11.2. The van der Waals surface area contributed by atoms with E-state index in [1.54, 1.807) is 22.9 Å². The molecule has 2 heteroatoms. The second-order valence-corrected chi connectivity index (χ2v) is 3.24. The minimum atomic E-state index is -0.00338. The van der Waals surface area contributed by atoms with Crippen molar-refractivity contribution in [2.45, 2.75) is 14.4 Å². The molecule has 0 spiro atoms. The number of pyridine rings is 1. The van der Waals surface area contributed by atoms with Crippen LogP contribution in [0.2, 0.25) is 0 Å². The van der Waals surface area contributed by atoms with Crippen LogP contribution in [0.4, 0.5) is 0 Å². The maximum atomic E-state index is 11.5. The Bertz CT molecular complexity index is 482. The molecule has 0 aliphatic carbocycles. The van der Waals surface area contributed by atoms with Crippen LogP contribution in [-0.4, -0.2) is 4.57 Å². The summed E-state index contributed by atoms with van der Waals surface area (Å²) in [6, 6.07) is 13.0. The Kier molecular flexibility index (Phi) is 3.45. The molecule has 2 aromatic rings. The van der Waals surface area contributed by atoms with E-state index in [-0.39, 0.29) is 13.0 Å². The van der Waals surface area contributed by atoms with Crippen LogP contribution in [-0.2, 0) is 0 Å². The predicted octanol–water partition coefficient (Wildman–Crippen LogP) is 2.78. The number of hydrogen-bond acceptors (Lipinski definition) is 1. The van der Waals surface area contributed by atoms with Gasteiger partial charge in [-0.25, -0.2) is 0 Å². The highest BCUT2D eigenvalue weighted by Crippen LogP contribution is 2.06. The van der Waals surface area contributed by atoms with E-state index < -0.39 is 0 Å². The Morgan fingerprint density at radius 1 is 1.00 bits per heavy atom. The summed E-state index contributed by atoms with van der Waals surface area (Å²) in [5.41, 5.74) is 2.09. The highest BCUT2D eigenvalue weighted by Gasteiger charge is 1.96. The second-order valence-electron chi connectivity index (χ2n) is 3.24. The van der Waals surface area contributed by atoms with Crippen LogP contribution in [0, 0.1) is 6.92 Å². The predicted molar refractivity (Wildman–Crippen MR) is 63.5 cm³/mol. The van der Waals surface area contributed by atoms with Gasteiger partial charge in [-0.15, -0.1) is 0 Å². The highest BCUT2D eigenvalue weighted by atomic mass is 16.1. The van der Waals surface area contributed by atoms with Gasteiger partial charge in [-0.1, -0.05) is 31.2 Å².